The molecule has 1 amide bonds. The van der Waals surface area contributed by atoms with E-state index in [9.17, 15) is 4.79 Å². The number of allylic oxidation sites excluding steroid dienone is 1. The number of amides is 1. The van der Waals surface area contributed by atoms with Crippen molar-refractivity contribution < 1.29 is 9.53 Å². The Morgan fingerprint density at radius 2 is 2.11 bits per heavy atom. The molecule has 0 fully saturated rings. The van der Waals surface area contributed by atoms with Gasteiger partial charge in [-0.2, -0.15) is 4.98 Å². The van der Waals surface area contributed by atoms with E-state index < -0.39 is 6.09 Å². The lowest BCUT2D eigenvalue weighted by molar-refractivity contribution is 0.205. The van der Waals surface area contributed by atoms with Gasteiger partial charge in [-0.25, -0.2) is 4.79 Å². The van der Waals surface area contributed by atoms with E-state index in [4.69, 9.17) is 33.7 Å². The number of primary amides is 1. The van der Waals surface area contributed by atoms with Gasteiger partial charge in [0.05, 0.1) is 11.0 Å². The summed E-state index contributed by atoms with van der Waals surface area (Å²) in [7, 11) is 1.73. The number of aryl methyl sites for hydroxylation is 1. The maximum atomic E-state index is 10.8. The van der Waals surface area contributed by atoms with Gasteiger partial charge < -0.3 is 10.5 Å². The number of hydrogen-bond acceptors (Lipinski definition) is 3. The van der Waals surface area contributed by atoms with E-state index in [0.29, 0.717) is 5.52 Å². The van der Waals surface area contributed by atoms with Crippen molar-refractivity contribution in [3.05, 3.63) is 28.3 Å². The minimum Gasteiger partial charge on any atom is -0.375 e. The zero-order valence-electron chi connectivity index (χ0n) is 10.3. The minimum absolute atomic E-state index is 0.137. The first kappa shape index (κ1) is 13.7. The van der Waals surface area contributed by atoms with Crippen LogP contribution in [-0.4, -0.2) is 15.6 Å². The fourth-order valence-electron chi connectivity index (χ4n) is 1.70. The average molecular weight is 300 g/mol. The van der Waals surface area contributed by atoms with Crippen molar-refractivity contribution in [2.24, 2.45) is 12.8 Å². The Morgan fingerprint density at radius 3 is 2.68 bits per heavy atom. The molecule has 0 radical (unpaired) electrons. The van der Waals surface area contributed by atoms with E-state index in [0.717, 1.165) is 16.7 Å². The first-order valence-corrected chi connectivity index (χ1v) is 6.11. The van der Waals surface area contributed by atoms with Crippen LogP contribution in [0.1, 0.15) is 12.5 Å². The lowest BCUT2D eigenvalue weighted by Gasteiger charge is -2.02. The summed E-state index contributed by atoms with van der Waals surface area (Å²) < 4.78 is 6.63. The third-order valence-corrected chi connectivity index (χ3v) is 3.32. The number of benzene rings is 1. The van der Waals surface area contributed by atoms with Crippen molar-refractivity contribution >= 4 is 45.9 Å². The molecule has 0 saturated carbocycles. The zero-order chi connectivity index (χ0) is 14.2. The summed E-state index contributed by atoms with van der Waals surface area (Å²) in [6.45, 7) is 1.81. The molecule has 0 aliphatic carbocycles. The maximum Gasteiger partial charge on any atom is 0.412 e. The van der Waals surface area contributed by atoms with Crippen molar-refractivity contribution in [1.29, 1.82) is 0 Å². The summed E-state index contributed by atoms with van der Waals surface area (Å²) in [5.74, 6) is 0. The van der Waals surface area contributed by atoms with Crippen molar-refractivity contribution in [1.82, 2.24) is 9.55 Å². The van der Waals surface area contributed by atoms with Crippen LogP contribution in [0, 0.1) is 0 Å². The van der Waals surface area contributed by atoms with Crippen LogP contribution in [0.2, 0.25) is 0 Å². The second kappa shape index (κ2) is 5.11. The highest BCUT2D eigenvalue weighted by Crippen LogP contribution is 2.27. The third kappa shape index (κ3) is 2.67. The SMILES string of the molecule is CC(=C(Cl)Cl)c1ccc2c(c1)nc(OC(N)=O)n2C. The van der Waals surface area contributed by atoms with Crippen molar-refractivity contribution in [2.45, 2.75) is 6.92 Å². The molecule has 0 bridgehead atoms. The van der Waals surface area contributed by atoms with Gasteiger partial charge in [-0.05, 0) is 30.2 Å². The van der Waals surface area contributed by atoms with Gasteiger partial charge in [-0.3, -0.25) is 4.57 Å². The van der Waals surface area contributed by atoms with Gasteiger partial charge in [0.1, 0.15) is 4.49 Å². The highest BCUT2D eigenvalue weighted by Gasteiger charge is 2.12. The molecular formula is C12H11Cl2N3O2. The molecule has 0 aliphatic rings. The van der Waals surface area contributed by atoms with E-state index >= 15 is 0 Å². The molecule has 0 saturated heterocycles. The first-order chi connectivity index (χ1) is 8.90. The van der Waals surface area contributed by atoms with Gasteiger partial charge in [-0.15, -0.1) is 0 Å². The smallest absolute Gasteiger partial charge is 0.375 e. The van der Waals surface area contributed by atoms with Crippen molar-refractivity contribution in [2.75, 3.05) is 0 Å². The van der Waals surface area contributed by atoms with Crippen molar-refractivity contribution in [3.63, 3.8) is 0 Å². The predicted molar refractivity (Wildman–Crippen MR) is 75.2 cm³/mol. The molecule has 2 N–H and O–H groups in total. The van der Waals surface area contributed by atoms with Gasteiger partial charge in [-0.1, -0.05) is 29.3 Å². The molecule has 0 atom stereocenters. The number of halogens is 2. The second-order valence-electron chi connectivity index (χ2n) is 3.96. The Hall–Kier alpha value is -1.72. The maximum absolute atomic E-state index is 10.8. The summed E-state index contributed by atoms with van der Waals surface area (Å²) in [6, 6.07) is 5.64. The molecule has 19 heavy (non-hydrogen) atoms. The standard InChI is InChI=1S/C12H11Cl2N3O2/c1-6(10(13)14)7-3-4-9-8(5-7)16-12(17(9)2)19-11(15)18/h3-5H,1-2H3,(H2,15,18). The van der Waals surface area contributed by atoms with Gasteiger partial charge in [0, 0.05) is 7.05 Å². The Balaban J connectivity index is 2.56. The molecule has 100 valence electrons. The monoisotopic (exact) mass is 299 g/mol. The van der Waals surface area contributed by atoms with Crippen molar-refractivity contribution in [3.8, 4) is 6.01 Å². The van der Waals surface area contributed by atoms with Crippen LogP contribution in [0.15, 0.2) is 22.7 Å². The number of carbonyl (C=O) groups excluding carboxylic acids is 1. The molecule has 0 spiro atoms. The lowest BCUT2D eigenvalue weighted by Crippen LogP contribution is -2.18. The lowest BCUT2D eigenvalue weighted by atomic mass is 10.1. The van der Waals surface area contributed by atoms with Gasteiger partial charge >= 0.3 is 12.1 Å². The van der Waals surface area contributed by atoms with E-state index in [2.05, 4.69) is 4.98 Å². The number of rotatable bonds is 2. The number of ether oxygens (including phenoxy) is 1. The molecule has 1 aromatic carbocycles. The molecule has 1 heterocycles. The van der Waals surface area contributed by atoms with E-state index in [-0.39, 0.29) is 10.5 Å². The number of carbonyl (C=O) groups is 1. The number of hydrogen-bond donors (Lipinski definition) is 1. The fraction of sp³-hybridized carbons (Fsp3) is 0.167. The van der Waals surface area contributed by atoms with Crippen LogP contribution in [0.25, 0.3) is 16.6 Å². The van der Waals surface area contributed by atoms with Gasteiger partial charge in [0.2, 0.25) is 0 Å². The number of nitrogens with two attached hydrogens (primary N) is 1. The summed E-state index contributed by atoms with van der Waals surface area (Å²) in [5.41, 5.74) is 8.03. The number of fused-ring (bicyclic) bond motifs is 1. The molecular weight excluding hydrogens is 289 g/mol. The molecule has 7 heteroatoms. The van der Waals surface area contributed by atoms with Crippen LogP contribution in [-0.2, 0) is 7.05 Å². The van der Waals surface area contributed by atoms with Crippen LogP contribution in [0.4, 0.5) is 4.79 Å². The summed E-state index contributed by atoms with van der Waals surface area (Å²) in [6.07, 6.45) is -0.904. The minimum atomic E-state index is -0.904. The summed E-state index contributed by atoms with van der Waals surface area (Å²) in [4.78, 5) is 15.0. The molecule has 0 aliphatic heterocycles. The quantitative estimate of drug-likeness (QED) is 0.926. The largest absolute Gasteiger partial charge is 0.412 e. The predicted octanol–water partition coefficient (Wildman–Crippen LogP) is 3.20. The van der Waals surface area contributed by atoms with E-state index in [1.165, 1.54) is 0 Å². The highest BCUT2D eigenvalue weighted by atomic mass is 35.5. The van der Waals surface area contributed by atoms with E-state index in [1.54, 1.807) is 18.5 Å². The first-order valence-electron chi connectivity index (χ1n) is 5.36. The topological polar surface area (TPSA) is 70.1 Å². The molecule has 2 rings (SSSR count). The number of nitrogens with zero attached hydrogens (tertiary/aromatic N) is 2. The van der Waals surface area contributed by atoms with Crippen LogP contribution in [0.5, 0.6) is 6.01 Å². The Kier molecular flexibility index (Phi) is 3.68. The van der Waals surface area contributed by atoms with Crippen LogP contribution < -0.4 is 10.5 Å². The Labute approximate surface area is 119 Å². The molecule has 5 nitrogen and oxygen atoms in total. The number of imidazole rings is 1. The van der Waals surface area contributed by atoms with Gasteiger partial charge in [0.15, 0.2) is 0 Å². The fourth-order valence-corrected chi connectivity index (χ4v) is 1.92. The average Bonchev–Trinajstić information content (AvgIpc) is 2.64. The Bertz CT molecular complexity index is 688. The van der Waals surface area contributed by atoms with E-state index in [1.807, 2.05) is 18.2 Å². The molecule has 1 aromatic heterocycles. The van der Waals surface area contributed by atoms with Crippen LogP contribution in [0.3, 0.4) is 0 Å². The van der Waals surface area contributed by atoms with Crippen LogP contribution >= 0.6 is 23.2 Å². The number of aromatic nitrogens is 2. The Morgan fingerprint density at radius 1 is 1.42 bits per heavy atom. The summed E-state index contributed by atoms with van der Waals surface area (Å²) >= 11 is 11.5. The second-order valence-corrected chi connectivity index (χ2v) is 4.91. The van der Waals surface area contributed by atoms with Gasteiger partial charge in [0.25, 0.3) is 0 Å². The third-order valence-electron chi connectivity index (χ3n) is 2.75. The molecule has 2 aromatic rings. The zero-order valence-corrected chi connectivity index (χ0v) is 11.8. The molecule has 0 unspecified atom stereocenters. The highest BCUT2D eigenvalue weighted by molar-refractivity contribution is 6.58. The summed E-state index contributed by atoms with van der Waals surface area (Å²) in [5, 5.41) is 0. The normalized spacial score (nSPS) is 10.5.